The second-order valence-corrected chi connectivity index (χ2v) is 12.8. The van der Waals surface area contributed by atoms with E-state index in [0.29, 0.717) is 5.82 Å². The van der Waals surface area contributed by atoms with Gasteiger partial charge in [-0.1, -0.05) is 146 Å². The average molecular weight is 640 g/mol. The molecule has 0 atom stereocenters. The first kappa shape index (κ1) is 29.7. The maximum Gasteiger partial charge on any atom is 0.160 e. The normalized spacial score (nSPS) is 12.4. The number of aromatic nitrogens is 3. The number of aryl methyl sites for hydroxylation is 1. The Morgan fingerprint density at radius 2 is 1.02 bits per heavy atom. The lowest BCUT2D eigenvalue weighted by molar-refractivity contribution is 0.978. The molecule has 1 aliphatic rings. The third-order valence-electron chi connectivity index (χ3n) is 9.69. The standard InChI is InChI=1S/C47H33N3/c1-2-9-40-29-41(27-18-32(40)7-1)33-16-25-39(26-17-33)47-49-45(37-21-14-34(15-22-37)42-11-6-28-48-31-42)30-46(50-47)38-23-19-36(20-24-38)44-13-5-10-35-8-3-4-12-43(35)44/h1-4,6-9,11-31H,5,10H2. The largest absolute Gasteiger partial charge is 0.264 e. The number of nitrogens with zero attached hydrogens (tertiary/aromatic N) is 3. The Bertz CT molecular complexity index is 2500. The van der Waals surface area contributed by atoms with Crippen molar-refractivity contribution in [3.8, 4) is 56.2 Å². The van der Waals surface area contributed by atoms with Crippen LogP contribution in [-0.2, 0) is 6.42 Å². The van der Waals surface area contributed by atoms with Gasteiger partial charge in [-0.2, -0.15) is 0 Å². The highest BCUT2D eigenvalue weighted by atomic mass is 14.9. The predicted octanol–water partition coefficient (Wildman–Crippen LogP) is 11.7. The van der Waals surface area contributed by atoms with E-state index in [1.54, 1.807) is 6.20 Å². The van der Waals surface area contributed by atoms with Crippen LogP contribution in [0.2, 0.25) is 0 Å². The predicted molar refractivity (Wildman–Crippen MR) is 206 cm³/mol. The first-order valence-electron chi connectivity index (χ1n) is 17.1. The number of benzene rings is 6. The number of allylic oxidation sites excluding steroid dienone is 1. The molecule has 2 aromatic heterocycles. The number of hydrogen-bond donors (Lipinski definition) is 0. The van der Waals surface area contributed by atoms with Crippen molar-refractivity contribution >= 4 is 16.3 Å². The average Bonchev–Trinajstić information content (AvgIpc) is 3.21. The Balaban J connectivity index is 1.09. The van der Waals surface area contributed by atoms with Crippen molar-refractivity contribution < 1.29 is 0 Å². The van der Waals surface area contributed by atoms with Crippen LogP contribution < -0.4 is 0 Å². The van der Waals surface area contributed by atoms with Crippen molar-refractivity contribution in [2.45, 2.75) is 12.8 Å². The SMILES string of the molecule is C1=C(c2ccc(-c3cc(-c4ccc(-c5cccnc5)cc4)nc(-c4ccc(-c5ccc6ccccc6c5)cc4)n3)cc2)c2ccccc2CC1. The molecular formula is C47H33N3. The molecule has 0 radical (unpaired) electrons. The van der Waals surface area contributed by atoms with Crippen LogP contribution in [-0.4, -0.2) is 15.0 Å². The molecule has 0 N–H and O–H groups in total. The molecule has 0 aliphatic heterocycles. The summed E-state index contributed by atoms with van der Waals surface area (Å²) >= 11 is 0. The van der Waals surface area contributed by atoms with Crippen LogP contribution in [0.15, 0.2) is 176 Å². The fourth-order valence-corrected chi connectivity index (χ4v) is 7.00. The molecule has 0 spiro atoms. The Hall–Kier alpha value is -6.45. The van der Waals surface area contributed by atoms with E-state index in [-0.39, 0.29) is 0 Å². The summed E-state index contributed by atoms with van der Waals surface area (Å²) in [6.45, 7) is 0. The van der Waals surface area contributed by atoms with Crippen LogP contribution in [0.3, 0.4) is 0 Å². The van der Waals surface area contributed by atoms with E-state index in [2.05, 4.69) is 163 Å². The lowest BCUT2D eigenvalue weighted by atomic mass is 9.87. The molecular weight excluding hydrogens is 607 g/mol. The molecule has 0 unspecified atom stereocenters. The highest BCUT2D eigenvalue weighted by molar-refractivity contribution is 5.88. The van der Waals surface area contributed by atoms with Crippen molar-refractivity contribution in [3.63, 3.8) is 0 Å². The Kier molecular flexibility index (Phi) is 7.64. The Labute approximate surface area is 292 Å². The Morgan fingerprint density at radius 3 is 1.74 bits per heavy atom. The zero-order valence-electron chi connectivity index (χ0n) is 27.5. The van der Waals surface area contributed by atoms with Crippen LogP contribution in [0.4, 0.5) is 0 Å². The zero-order chi connectivity index (χ0) is 33.3. The smallest absolute Gasteiger partial charge is 0.160 e. The number of rotatable bonds is 6. The molecule has 236 valence electrons. The second-order valence-electron chi connectivity index (χ2n) is 12.8. The number of hydrogen-bond acceptors (Lipinski definition) is 3. The molecule has 50 heavy (non-hydrogen) atoms. The molecule has 8 aromatic rings. The molecule has 0 saturated carbocycles. The maximum absolute atomic E-state index is 5.15. The van der Waals surface area contributed by atoms with Gasteiger partial charge < -0.3 is 0 Å². The molecule has 0 bridgehead atoms. The van der Waals surface area contributed by atoms with Crippen LogP contribution in [0.1, 0.15) is 23.1 Å². The number of fused-ring (bicyclic) bond motifs is 2. The van der Waals surface area contributed by atoms with Crippen LogP contribution in [0.5, 0.6) is 0 Å². The van der Waals surface area contributed by atoms with Crippen molar-refractivity contribution in [1.82, 2.24) is 15.0 Å². The Morgan fingerprint density at radius 1 is 0.420 bits per heavy atom. The summed E-state index contributed by atoms with van der Waals surface area (Å²) in [5.74, 6) is 0.701. The van der Waals surface area contributed by atoms with Gasteiger partial charge in [0.1, 0.15) is 0 Å². The van der Waals surface area contributed by atoms with E-state index in [0.717, 1.165) is 57.6 Å². The van der Waals surface area contributed by atoms with Gasteiger partial charge in [-0.25, -0.2) is 9.97 Å². The molecule has 3 nitrogen and oxygen atoms in total. The highest BCUT2D eigenvalue weighted by Crippen LogP contribution is 2.34. The van der Waals surface area contributed by atoms with Crippen molar-refractivity contribution in [3.05, 3.63) is 193 Å². The van der Waals surface area contributed by atoms with E-state index >= 15 is 0 Å². The van der Waals surface area contributed by atoms with Crippen molar-refractivity contribution in [2.75, 3.05) is 0 Å². The first-order valence-corrected chi connectivity index (χ1v) is 17.1. The van der Waals surface area contributed by atoms with Gasteiger partial charge in [0, 0.05) is 29.1 Å². The van der Waals surface area contributed by atoms with E-state index in [1.165, 1.54) is 38.6 Å². The monoisotopic (exact) mass is 639 g/mol. The lowest BCUT2D eigenvalue weighted by Gasteiger charge is -2.18. The van der Waals surface area contributed by atoms with E-state index < -0.39 is 0 Å². The molecule has 1 aliphatic carbocycles. The summed E-state index contributed by atoms with van der Waals surface area (Å²) in [5.41, 5.74) is 14.7. The van der Waals surface area contributed by atoms with Gasteiger partial charge in [-0.3, -0.25) is 4.98 Å². The summed E-state index contributed by atoms with van der Waals surface area (Å²) < 4.78 is 0. The summed E-state index contributed by atoms with van der Waals surface area (Å²) in [6.07, 6.45) is 8.22. The summed E-state index contributed by atoms with van der Waals surface area (Å²) in [6, 6.07) is 56.0. The van der Waals surface area contributed by atoms with Gasteiger partial charge in [-0.15, -0.1) is 0 Å². The molecule has 6 aromatic carbocycles. The van der Waals surface area contributed by atoms with E-state index in [9.17, 15) is 0 Å². The number of pyridine rings is 1. The third-order valence-corrected chi connectivity index (χ3v) is 9.69. The van der Waals surface area contributed by atoms with Gasteiger partial charge in [0.15, 0.2) is 5.82 Å². The molecule has 2 heterocycles. The minimum atomic E-state index is 0.701. The molecule has 3 heteroatoms. The molecule has 0 fully saturated rings. The summed E-state index contributed by atoms with van der Waals surface area (Å²) in [5, 5.41) is 2.48. The van der Waals surface area contributed by atoms with Crippen molar-refractivity contribution in [2.24, 2.45) is 0 Å². The minimum absolute atomic E-state index is 0.701. The fraction of sp³-hybridized carbons (Fsp3) is 0.0426. The zero-order valence-corrected chi connectivity index (χ0v) is 27.5. The lowest BCUT2D eigenvalue weighted by Crippen LogP contribution is -2.00. The quantitative estimate of drug-likeness (QED) is 0.182. The van der Waals surface area contributed by atoms with Gasteiger partial charge >= 0.3 is 0 Å². The second kappa shape index (κ2) is 12.9. The van der Waals surface area contributed by atoms with Crippen LogP contribution in [0.25, 0.3) is 72.5 Å². The van der Waals surface area contributed by atoms with Crippen molar-refractivity contribution in [1.29, 1.82) is 0 Å². The third kappa shape index (κ3) is 5.80. The van der Waals surface area contributed by atoms with E-state index in [1.807, 2.05) is 12.3 Å². The first-order chi connectivity index (χ1) is 24.7. The van der Waals surface area contributed by atoms with Gasteiger partial charge in [0.25, 0.3) is 0 Å². The minimum Gasteiger partial charge on any atom is -0.264 e. The van der Waals surface area contributed by atoms with Gasteiger partial charge in [0.05, 0.1) is 11.4 Å². The fourth-order valence-electron chi connectivity index (χ4n) is 7.00. The molecule has 0 amide bonds. The summed E-state index contributed by atoms with van der Waals surface area (Å²) in [4.78, 5) is 14.6. The highest BCUT2D eigenvalue weighted by Gasteiger charge is 2.15. The van der Waals surface area contributed by atoms with Crippen LogP contribution in [0, 0.1) is 0 Å². The summed E-state index contributed by atoms with van der Waals surface area (Å²) in [7, 11) is 0. The molecule has 9 rings (SSSR count). The van der Waals surface area contributed by atoms with Gasteiger partial charge in [-0.05, 0) is 86.3 Å². The van der Waals surface area contributed by atoms with E-state index in [4.69, 9.17) is 9.97 Å². The topological polar surface area (TPSA) is 38.7 Å². The molecule has 0 saturated heterocycles. The maximum atomic E-state index is 5.15. The van der Waals surface area contributed by atoms with Gasteiger partial charge in [0.2, 0.25) is 0 Å². The van der Waals surface area contributed by atoms with Crippen LogP contribution >= 0.6 is 0 Å².